The lowest BCUT2D eigenvalue weighted by molar-refractivity contribution is -0.129. The Morgan fingerprint density at radius 1 is 1.40 bits per heavy atom. The molecule has 0 fully saturated rings. The molecule has 0 spiro atoms. The van der Waals surface area contributed by atoms with Crippen LogP contribution in [0.4, 0.5) is 0 Å². The standard InChI is InChI=1S/C14H18BrNO4/c1-4-7-16-13(17)9(2)20-14(18)10-5-6-12(19-3)11(15)8-10/h5-6,8-9H,4,7H2,1-3H3,(H,16,17)/t9-/m1/s1. The molecule has 0 bridgehead atoms. The summed E-state index contributed by atoms with van der Waals surface area (Å²) in [6.07, 6.45) is 0.00704. The van der Waals surface area contributed by atoms with Crippen molar-refractivity contribution in [2.45, 2.75) is 26.4 Å². The Kier molecular flexibility index (Phi) is 6.51. The Labute approximate surface area is 126 Å². The molecule has 0 radical (unpaired) electrons. The number of hydrogen-bond donors (Lipinski definition) is 1. The van der Waals surface area contributed by atoms with Gasteiger partial charge in [-0.25, -0.2) is 4.79 Å². The van der Waals surface area contributed by atoms with Gasteiger partial charge in [-0.15, -0.1) is 0 Å². The minimum atomic E-state index is -0.824. The lowest BCUT2D eigenvalue weighted by atomic mass is 10.2. The Morgan fingerprint density at radius 3 is 2.65 bits per heavy atom. The van der Waals surface area contributed by atoms with E-state index in [4.69, 9.17) is 9.47 Å². The third-order valence-electron chi connectivity index (χ3n) is 2.59. The molecule has 20 heavy (non-hydrogen) atoms. The Hall–Kier alpha value is -1.56. The van der Waals surface area contributed by atoms with Crippen molar-refractivity contribution in [3.8, 4) is 5.75 Å². The van der Waals surface area contributed by atoms with Gasteiger partial charge in [0, 0.05) is 6.54 Å². The van der Waals surface area contributed by atoms with Crippen molar-refractivity contribution in [3.05, 3.63) is 28.2 Å². The van der Waals surface area contributed by atoms with E-state index in [0.29, 0.717) is 22.3 Å². The molecule has 1 atom stereocenters. The highest BCUT2D eigenvalue weighted by atomic mass is 79.9. The second-order valence-corrected chi connectivity index (χ2v) is 5.04. The lowest BCUT2D eigenvalue weighted by Gasteiger charge is -2.13. The van der Waals surface area contributed by atoms with Crippen LogP contribution in [0.2, 0.25) is 0 Å². The first-order valence-electron chi connectivity index (χ1n) is 6.31. The van der Waals surface area contributed by atoms with Crippen molar-refractivity contribution in [3.63, 3.8) is 0 Å². The number of esters is 1. The van der Waals surface area contributed by atoms with E-state index in [-0.39, 0.29) is 5.91 Å². The molecule has 110 valence electrons. The maximum absolute atomic E-state index is 11.9. The second-order valence-electron chi connectivity index (χ2n) is 4.19. The van der Waals surface area contributed by atoms with E-state index in [2.05, 4.69) is 21.2 Å². The third kappa shape index (κ3) is 4.52. The summed E-state index contributed by atoms with van der Waals surface area (Å²) in [7, 11) is 1.54. The number of hydrogen-bond acceptors (Lipinski definition) is 4. The minimum Gasteiger partial charge on any atom is -0.496 e. The number of nitrogens with one attached hydrogen (secondary N) is 1. The Bertz CT molecular complexity index is 490. The summed E-state index contributed by atoms with van der Waals surface area (Å²) >= 11 is 3.29. The number of benzene rings is 1. The molecule has 1 amide bonds. The van der Waals surface area contributed by atoms with Crippen molar-refractivity contribution in [2.75, 3.05) is 13.7 Å². The third-order valence-corrected chi connectivity index (χ3v) is 3.21. The van der Waals surface area contributed by atoms with Crippen molar-refractivity contribution in [1.29, 1.82) is 0 Å². The predicted octanol–water partition coefficient (Wildman–Crippen LogP) is 2.53. The second kappa shape index (κ2) is 7.89. The zero-order chi connectivity index (χ0) is 15.1. The van der Waals surface area contributed by atoms with Gasteiger partial charge < -0.3 is 14.8 Å². The van der Waals surface area contributed by atoms with Crippen LogP contribution < -0.4 is 10.1 Å². The lowest BCUT2D eigenvalue weighted by Crippen LogP contribution is -2.36. The number of rotatable bonds is 6. The number of carbonyl (C=O) groups is 2. The summed E-state index contributed by atoms with van der Waals surface area (Å²) in [4.78, 5) is 23.5. The highest BCUT2D eigenvalue weighted by molar-refractivity contribution is 9.10. The molecule has 0 aliphatic rings. The number of carbonyl (C=O) groups excluding carboxylic acids is 2. The molecule has 1 aromatic rings. The van der Waals surface area contributed by atoms with Crippen LogP contribution in [0.1, 0.15) is 30.6 Å². The summed E-state index contributed by atoms with van der Waals surface area (Å²) < 4.78 is 10.8. The van der Waals surface area contributed by atoms with Gasteiger partial charge in [0.15, 0.2) is 6.10 Å². The maximum atomic E-state index is 11.9. The highest BCUT2D eigenvalue weighted by Gasteiger charge is 2.19. The first-order chi connectivity index (χ1) is 9.49. The van der Waals surface area contributed by atoms with E-state index in [9.17, 15) is 9.59 Å². The minimum absolute atomic E-state index is 0.298. The van der Waals surface area contributed by atoms with Gasteiger partial charge in [-0.3, -0.25) is 4.79 Å². The fraction of sp³-hybridized carbons (Fsp3) is 0.429. The number of ether oxygens (including phenoxy) is 2. The molecule has 0 saturated heterocycles. The molecule has 0 aliphatic carbocycles. The van der Waals surface area contributed by atoms with Crippen molar-refractivity contribution in [2.24, 2.45) is 0 Å². The van der Waals surface area contributed by atoms with Gasteiger partial charge in [-0.2, -0.15) is 0 Å². The molecular weight excluding hydrogens is 326 g/mol. The molecule has 0 saturated carbocycles. The predicted molar refractivity (Wildman–Crippen MR) is 78.9 cm³/mol. The largest absolute Gasteiger partial charge is 0.496 e. The van der Waals surface area contributed by atoms with Crippen LogP contribution in [0.3, 0.4) is 0 Å². The molecule has 5 nitrogen and oxygen atoms in total. The van der Waals surface area contributed by atoms with Crippen LogP contribution >= 0.6 is 15.9 Å². The molecule has 1 rings (SSSR count). The average molecular weight is 344 g/mol. The monoisotopic (exact) mass is 343 g/mol. The van der Waals surface area contributed by atoms with Crippen molar-refractivity contribution >= 4 is 27.8 Å². The summed E-state index contributed by atoms with van der Waals surface area (Å²) in [5.74, 6) is -0.226. The zero-order valence-corrected chi connectivity index (χ0v) is 13.3. The molecule has 1 aromatic carbocycles. The summed E-state index contributed by atoms with van der Waals surface area (Å²) in [5.41, 5.74) is 0.354. The van der Waals surface area contributed by atoms with Crippen LogP contribution in [0.5, 0.6) is 5.75 Å². The van der Waals surface area contributed by atoms with Crippen LogP contribution in [-0.2, 0) is 9.53 Å². The molecule has 0 aliphatic heterocycles. The first kappa shape index (κ1) is 16.5. The van der Waals surface area contributed by atoms with Crippen LogP contribution in [0.15, 0.2) is 22.7 Å². The molecular formula is C14H18BrNO4. The molecule has 0 heterocycles. The summed E-state index contributed by atoms with van der Waals surface area (Å²) in [6, 6.07) is 4.84. The molecule has 1 N–H and O–H groups in total. The van der Waals surface area contributed by atoms with Crippen molar-refractivity contribution < 1.29 is 19.1 Å². The number of methoxy groups -OCH3 is 1. The van der Waals surface area contributed by atoms with E-state index in [1.807, 2.05) is 6.92 Å². The highest BCUT2D eigenvalue weighted by Crippen LogP contribution is 2.25. The normalized spacial score (nSPS) is 11.6. The van der Waals surface area contributed by atoms with E-state index in [1.54, 1.807) is 25.1 Å². The van der Waals surface area contributed by atoms with Crippen molar-refractivity contribution in [1.82, 2.24) is 5.32 Å². The van der Waals surface area contributed by atoms with Gasteiger partial charge in [0.25, 0.3) is 5.91 Å². The molecule has 6 heteroatoms. The topological polar surface area (TPSA) is 64.6 Å². The fourth-order valence-corrected chi connectivity index (χ4v) is 2.01. The summed E-state index contributed by atoms with van der Waals surface area (Å²) in [5, 5.41) is 2.67. The summed E-state index contributed by atoms with van der Waals surface area (Å²) in [6.45, 7) is 4.06. The zero-order valence-electron chi connectivity index (χ0n) is 11.7. The van der Waals surface area contributed by atoms with Crippen LogP contribution in [0.25, 0.3) is 0 Å². The Morgan fingerprint density at radius 2 is 2.10 bits per heavy atom. The van der Waals surface area contributed by atoms with E-state index < -0.39 is 12.1 Å². The smallest absolute Gasteiger partial charge is 0.338 e. The fourth-order valence-electron chi connectivity index (χ4n) is 1.47. The van der Waals surface area contributed by atoms with Gasteiger partial charge in [-0.05, 0) is 47.5 Å². The van der Waals surface area contributed by atoms with E-state index in [0.717, 1.165) is 6.42 Å². The first-order valence-corrected chi connectivity index (χ1v) is 7.11. The van der Waals surface area contributed by atoms with Crippen LogP contribution in [0, 0.1) is 0 Å². The van der Waals surface area contributed by atoms with Crippen LogP contribution in [-0.4, -0.2) is 31.6 Å². The van der Waals surface area contributed by atoms with Gasteiger partial charge in [0.05, 0.1) is 17.1 Å². The quantitative estimate of drug-likeness (QED) is 0.806. The van der Waals surface area contributed by atoms with Gasteiger partial charge in [0.2, 0.25) is 0 Å². The number of amides is 1. The van der Waals surface area contributed by atoms with E-state index in [1.165, 1.54) is 7.11 Å². The van der Waals surface area contributed by atoms with Gasteiger partial charge in [-0.1, -0.05) is 6.92 Å². The average Bonchev–Trinajstić information content (AvgIpc) is 2.44. The number of halogens is 1. The molecule has 0 aromatic heterocycles. The SMILES string of the molecule is CCCNC(=O)[C@@H](C)OC(=O)c1ccc(OC)c(Br)c1. The maximum Gasteiger partial charge on any atom is 0.338 e. The van der Waals surface area contributed by atoms with Gasteiger partial charge in [0.1, 0.15) is 5.75 Å². The Balaban J connectivity index is 2.66. The van der Waals surface area contributed by atoms with E-state index >= 15 is 0 Å². The van der Waals surface area contributed by atoms with Gasteiger partial charge >= 0.3 is 5.97 Å². The molecule has 0 unspecified atom stereocenters.